The number of hydrogen-bond donors (Lipinski definition) is 0. The van der Waals surface area contributed by atoms with Gasteiger partial charge in [0, 0.05) is 35.0 Å². The molecule has 0 N–H and O–H groups in total. The van der Waals surface area contributed by atoms with Crippen LogP contribution in [-0.4, -0.2) is 32.5 Å². The second-order valence-electron chi connectivity index (χ2n) is 6.92. The largest absolute Gasteiger partial charge is 0.330 e. The Balaban J connectivity index is 1.61. The summed E-state index contributed by atoms with van der Waals surface area (Å²) in [5, 5.41) is 0.255. The SMILES string of the molecule is Cc1nc(N2CCCN(c3ccc(-c4cc(F)ccc4F)cc3)C2=O)sc1S(=O)(=O)Cl. The Labute approximate surface area is 186 Å². The van der Waals surface area contributed by atoms with Gasteiger partial charge in [-0.3, -0.25) is 9.80 Å². The number of aromatic nitrogens is 1. The predicted octanol–water partition coefficient (Wildman–Crippen LogP) is 5.16. The smallest absolute Gasteiger partial charge is 0.294 e. The maximum absolute atomic E-state index is 14.0. The van der Waals surface area contributed by atoms with Crippen LogP contribution in [0.25, 0.3) is 11.1 Å². The van der Waals surface area contributed by atoms with Crippen molar-refractivity contribution in [1.29, 1.82) is 0 Å². The van der Waals surface area contributed by atoms with Gasteiger partial charge in [0.2, 0.25) is 0 Å². The topological polar surface area (TPSA) is 70.6 Å². The number of carbonyl (C=O) groups excluding carboxylic acids is 1. The quantitative estimate of drug-likeness (QED) is 0.480. The summed E-state index contributed by atoms with van der Waals surface area (Å²) in [5.41, 5.74) is 1.43. The van der Waals surface area contributed by atoms with Crippen LogP contribution in [0.1, 0.15) is 12.1 Å². The first-order valence-electron chi connectivity index (χ1n) is 9.22. The van der Waals surface area contributed by atoms with Crippen molar-refractivity contribution in [2.45, 2.75) is 17.6 Å². The molecule has 1 aromatic heterocycles. The molecule has 31 heavy (non-hydrogen) atoms. The Morgan fingerprint density at radius 2 is 1.74 bits per heavy atom. The monoisotopic (exact) mass is 483 g/mol. The summed E-state index contributed by atoms with van der Waals surface area (Å²) in [6.45, 7) is 2.36. The first-order valence-corrected chi connectivity index (χ1v) is 12.3. The van der Waals surface area contributed by atoms with E-state index in [-0.39, 0.29) is 26.6 Å². The van der Waals surface area contributed by atoms with Crippen molar-refractivity contribution in [1.82, 2.24) is 4.98 Å². The minimum Gasteiger partial charge on any atom is -0.294 e. The highest BCUT2D eigenvalue weighted by molar-refractivity contribution is 8.15. The van der Waals surface area contributed by atoms with E-state index in [9.17, 15) is 22.0 Å². The van der Waals surface area contributed by atoms with E-state index in [4.69, 9.17) is 10.7 Å². The molecule has 1 aliphatic rings. The zero-order chi connectivity index (χ0) is 22.3. The molecule has 4 rings (SSSR count). The summed E-state index contributed by atoms with van der Waals surface area (Å²) in [6.07, 6.45) is 0.633. The third-order valence-electron chi connectivity index (χ3n) is 4.84. The average Bonchev–Trinajstić information content (AvgIpc) is 3.12. The molecule has 0 unspecified atom stereocenters. The van der Waals surface area contributed by atoms with Crippen LogP contribution in [0.2, 0.25) is 0 Å². The lowest BCUT2D eigenvalue weighted by atomic mass is 10.0. The Morgan fingerprint density at radius 3 is 2.39 bits per heavy atom. The van der Waals surface area contributed by atoms with Crippen molar-refractivity contribution in [2.75, 3.05) is 22.9 Å². The van der Waals surface area contributed by atoms with Gasteiger partial charge in [-0.2, -0.15) is 0 Å². The van der Waals surface area contributed by atoms with Gasteiger partial charge in [0.25, 0.3) is 9.05 Å². The summed E-state index contributed by atoms with van der Waals surface area (Å²) in [7, 11) is 1.49. The van der Waals surface area contributed by atoms with Gasteiger partial charge in [0.1, 0.15) is 11.6 Å². The van der Waals surface area contributed by atoms with Crippen molar-refractivity contribution >= 4 is 47.9 Å². The van der Waals surface area contributed by atoms with Crippen molar-refractivity contribution in [3.8, 4) is 11.1 Å². The molecular weight excluding hydrogens is 468 g/mol. The molecule has 11 heteroatoms. The lowest BCUT2D eigenvalue weighted by Crippen LogP contribution is -2.49. The fraction of sp³-hybridized carbons (Fsp3) is 0.200. The van der Waals surface area contributed by atoms with E-state index < -0.39 is 20.7 Å². The number of urea groups is 1. The second kappa shape index (κ2) is 8.18. The Bertz CT molecular complexity index is 1260. The molecule has 1 fully saturated rings. The molecule has 3 aromatic rings. The van der Waals surface area contributed by atoms with Crippen LogP contribution in [0.3, 0.4) is 0 Å². The van der Waals surface area contributed by atoms with Crippen LogP contribution >= 0.6 is 22.0 Å². The van der Waals surface area contributed by atoms with Crippen LogP contribution in [0, 0.1) is 18.6 Å². The van der Waals surface area contributed by atoms with E-state index in [1.165, 1.54) is 16.7 Å². The summed E-state index contributed by atoms with van der Waals surface area (Å²) in [5.74, 6) is -1.09. The molecule has 2 amide bonds. The number of rotatable bonds is 4. The highest BCUT2D eigenvalue weighted by atomic mass is 35.7. The molecule has 2 heterocycles. The molecule has 1 aliphatic heterocycles. The first kappa shape index (κ1) is 21.7. The normalized spacial score (nSPS) is 14.9. The molecule has 0 atom stereocenters. The van der Waals surface area contributed by atoms with Crippen molar-refractivity contribution in [3.63, 3.8) is 0 Å². The van der Waals surface area contributed by atoms with E-state index >= 15 is 0 Å². The van der Waals surface area contributed by atoms with Gasteiger partial charge in [0.05, 0.1) is 5.69 Å². The van der Waals surface area contributed by atoms with E-state index in [0.29, 0.717) is 30.8 Å². The highest BCUT2D eigenvalue weighted by Crippen LogP contribution is 2.34. The molecule has 1 saturated heterocycles. The van der Waals surface area contributed by atoms with Gasteiger partial charge in [-0.1, -0.05) is 23.5 Å². The molecule has 162 valence electrons. The Hall–Kier alpha value is -2.56. The van der Waals surface area contributed by atoms with Crippen LogP contribution in [0.15, 0.2) is 46.7 Å². The summed E-state index contributed by atoms with van der Waals surface area (Å²) >= 11 is 0.847. The van der Waals surface area contributed by atoms with Gasteiger partial charge < -0.3 is 0 Å². The van der Waals surface area contributed by atoms with Crippen LogP contribution in [0.5, 0.6) is 0 Å². The minimum atomic E-state index is -3.95. The van der Waals surface area contributed by atoms with Gasteiger partial charge >= 0.3 is 6.03 Å². The number of carbonyl (C=O) groups is 1. The van der Waals surface area contributed by atoms with Gasteiger partial charge in [0.15, 0.2) is 9.34 Å². The molecule has 0 saturated carbocycles. The van der Waals surface area contributed by atoms with Crippen molar-refractivity contribution in [3.05, 3.63) is 59.8 Å². The number of hydrogen-bond acceptors (Lipinski definition) is 5. The lowest BCUT2D eigenvalue weighted by Gasteiger charge is -2.34. The fourth-order valence-electron chi connectivity index (χ4n) is 3.39. The molecule has 0 aliphatic carbocycles. The summed E-state index contributed by atoms with van der Waals surface area (Å²) < 4.78 is 50.8. The summed E-state index contributed by atoms with van der Waals surface area (Å²) in [6, 6.07) is 9.42. The zero-order valence-corrected chi connectivity index (χ0v) is 18.6. The summed E-state index contributed by atoms with van der Waals surface area (Å²) in [4.78, 5) is 20.2. The Morgan fingerprint density at radius 1 is 1.06 bits per heavy atom. The van der Waals surface area contributed by atoms with Crippen LogP contribution in [0.4, 0.5) is 24.4 Å². The highest BCUT2D eigenvalue weighted by Gasteiger charge is 2.31. The number of benzene rings is 2. The predicted molar refractivity (Wildman–Crippen MR) is 116 cm³/mol. The van der Waals surface area contributed by atoms with E-state index in [1.807, 2.05) is 0 Å². The third kappa shape index (κ3) is 4.28. The van der Waals surface area contributed by atoms with Crippen LogP contribution < -0.4 is 9.80 Å². The standard InChI is InChI=1S/C20H16ClF2N3O3S2/c1-12-18(31(21,28)29)30-19(24-12)26-10-2-9-25(20(26)27)15-6-3-13(4-7-15)16-11-14(22)5-8-17(16)23/h3-8,11H,2,9-10H2,1H3. The third-order valence-corrected chi connectivity index (χ3v) is 8.20. The maximum atomic E-state index is 14.0. The zero-order valence-electron chi connectivity index (χ0n) is 16.2. The van der Waals surface area contributed by atoms with Gasteiger partial charge in [-0.15, -0.1) is 0 Å². The Kier molecular flexibility index (Phi) is 5.71. The fourth-order valence-corrected chi connectivity index (χ4v) is 5.85. The minimum absolute atomic E-state index is 0.0874. The van der Waals surface area contributed by atoms with Crippen LogP contribution in [-0.2, 0) is 9.05 Å². The van der Waals surface area contributed by atoms with E-state index in [1.54, 1.807) is 24.3 Å². The number of aryl methyl sites for hydroxylation is 1. The average molecular weight is 484 g/mol. The molecular formula is C20H16ClF2N3O3S2. The molecule has 6 nitrogen and oxygen atoms in total. The van der Waals surface area contributed by atoms with Crippen molar-refractivity contribution in [2.24, 2.45) is 0 Å². The van der Waals surface area contributed by atoms with E-state index in [2.05, 4.69) is 4.98 Å². The number of nitrogens with zero attached hydrogens (tertiary/aromatic N) is 3. The molecule has 0 radical (unpaired) electrons. The molecule has 0 spiro atoms. The maximum Gasteiger partial charge on any atom is 0.330 e. The molecule has 2 aromatic carbocycles. The van der Waals surface area contributed by atoms with E-state index in [0.717, 1.165) is 29.5 Å². The number of halogens is 3. The lowest BCUT2D eigenvalue weighted by molar-refractivity contribution is 0.248. The van der Waals surface area contributed by atoms with Crippen molar-refractivity contribution < 1.29 is 22.0 Å². The molecule has 0 bridgehead atoms. The number of amides is 2. The second-order valence-corrected chi connectivity index (χ2v) is 10.7. The number of thiazole rings is 1. The van der Waals surface area contributed by atoms with Gasteiger partial charge in [-0.25, -0.2) is 27.0 Å². The number of anilines is 2. The van der Waals surface area contributed by atoms with Gasteiger partial charge in [-0.05, 0) is 49.2 Å². The first-order chi connectivity index (χ1) is 14.6.